The van der Waals surface area contributed by atoms with Gasteiger partial charge in [-0.15, -0.1) is 0 Å². The molecule has 0 heterocycles. The summed E-state index contributed by atoms with van der Waals surface area (Å²) in [5.74, 6) is -1.26. The van der Waals surface area contributed by atoms with E-state index in [9.17, 15) is 20.0 Å². The topological polar surface area (TPSA) is 92.5 Å². The number of nitrogens with zero attached hydrogens (tertiary/aromatic N) is 1. The highest BCUT2D eigenvalue weighted by atomic mass is 32.2. The molecular formula is C13H16N2O4S. The monoisotopic (exact) mass is 296 g/mol. The van der Waals surface area contributed by atoms with Gasteiger partial charge in [-0.25, -0.2) is 4.79 Å². The Kier molecular flexibility index (Phi) is 4.29. The van der Waals surface area contributed by atoms with Crippen molar-refractivity contribution in [1.29, 1.82) is 0 Å². The van der Waals surface area contributed by atoms with Gasteiger partial charge in [-0.2, -0.15) is 11.8 Å². The van der Waals surface area contributed by atoms with Crippen molar-refractivity contribution in [3.63, 3.8) is 0 Å². The Morgan fingerprint density at radius 2 is 2.25 bits per heavy atom. The van der Waals surface area contributed by atoms with Crippen LogP contribution in [0.2, 0.25) is 0 Å². The van der Waals surface area contributed by atoms with Crippen molar-refractivity contribution in [2.24, 2.45) is 0 Å². The van der Waals surface area contributed by atoms with Crippen molar-refractivity contribution >= 4 is 23.4 Å². The van der Waals surface area contributed by atoms with Gasteiger partial charge >= 0.3 is 5.97 Å². The molecule has 0 radical (unpaired) electrons. The van der Waals surface area contributed by atoms with Crippen LogP contribution in [0.15, 0.2) is 18.2 Å². The molecule has 20 heavy (non-hydrogen) atoms. The van der Waals surface area contributed by atoms with Crippen LogP contribution in [-0.2, 0) is 6.54 Å². The third kappa shape index (κ3) is 3.10. The average Bonchev–Trinajstić information content (AvgIpc) is 3.18. The van der Waals surface area contributed by atoms with E-state index < -0.39 is 10.9 Å². The van der Waals surface area contributed by atoms with Crippen LogP contribution in [0.25, 0.3) is 0 Å². The lowest BCUT2D eigenvalue weighted by atomic mass is 10.1. The lowest BCUT2D eigenvalue weighted by molar-refractivity contribution is -0.385. The highest BCUT2D eigenvalue weighted by Gasteiger charge is 2.41. The number of carboxylic acid groups (broad SMARTS) is 1. The summed E-state index contributed by atoms with van der Waals surface area (Å²) in [6.45, 7) is 1.11. The Bertz CT molecular complexity index is 543. The van der Waals surface area contributed by atoms with Crippen LogP contribution in [0.3, 0.4) is 0 Å². The van der Waals surface area contributed by atoms with Crippen LogP contribution in [0, 0.1) is 10.1 Å². The Hall–Kier alpha value is -1.60. The molecule has 7 heteroatoms. The summed E-state index contributed by atoms with van der Waals surface area (Å²) in [6.07, 6.45) is 4.37. The second kappa shape index (κ2) is 5.80. The van der Waals surface area contributed by atoms with Crippen molar-refractivity contribution in [2.45, 2.75) is 24.1 Å². The van der Waals surface area contributed by atoms with Crippen LogP contribution < -0.4 is 5.32 Å². The first-order chi connectivity index (χ1) is 9.49. The van der Waals surface area contributed by atoms with E-state index in [1.165, 1.54) is 12.1 Å². The third-order valence-corrected chi connectivity index (χ3v) is 4.96. The number of hydrogen-bond acceptors (Lipinski definition) is 5. The van der Waals surface area contributed by atoms with E-state index in [2.05, 4.69) is 11.6 Å². The number of carbonyl (C=O) groups is 1. The number of nitro groups is 1. The molecular weight excluding hydrogens is 280 g/mol. The molecule has 1 aromatic rings. The minimum Gasteiger partial charge on any atom is -0.477 e. The maximum absolute atomic E-state index is 11.2. The summed E-state index contributed by atoms with van der Waals surface area (Å²) in [7, 11) is 0. The zero-order valence-corrected chi connectivity index (χ0v) is 11.9. The predicted octanol–water partition coefficient (Wildman–Crippen LogP) is 2.28. The molecule has 0 aromatic heterocycles. The summed E-state index contributed by atoms with van der Waals surface area (Å²) >= 11 is 1.80. The number of hydrogen-bond donors (Lipinski definition) is 2. The molecule has 1 fully saturated rings. The van der Waals surface area contributed by atoms with E-state index in [0.717, 1.165) is 19.4 Å². The number of nitrogens with one attached hydrogen (secondary N) is 1. The Morgan fingerprint density at radius 3 is 2.75 bits per heavy atom. The fraction of sp³-hybridized carbons (Fsp3) is 0.462. The quantitative estimate of drug-likeness (QED) is 0.592. The van der Waals surface area contributed by atoms with Crippen molar-refractivity contribution in [2.75, 3.05) is 12.8 Å². The fourth-order valence-corrected chi connectivity index (χ4v) is 2.91. The molecule has 0 amide bonds. The second-order valence-electron chi connectivity index (χ2n) is 4.86. The van der Waals surface area contributed by atoms with E-state index in [-0.39, 0.29) is 16.0 Å². The molecule has 108 valence electrons. The zero-order chi connectivity index (χ0) is 14.8. The van der Waals surface area contributed by atoms with E-state index in [1.54, 1.807) is 17.8 Å². The highest BCUT2D eigenvalue weighted by molar-refractivity contribution is 8.00. The first kappa shape index (κ1) is 14.8. The molecule has 2 rings (SSSR count). The summed E-state index contributed by atoms with van der Waals surface area (Å²) in [4.78, 5) is 21.5. The van der Waals surface area contributed by atoms with E-state index in [0.29, 0.717) is 12.1 Å². The summed E-state index contributed by atoms with van der Waals surface area (Å²) in [5.41, 5.74) is -0.134. The van der Waals surface area contributed by atoms with E-state index in [1.807, 2.05) is 0 Å². The Balaban J connectivity index is 2.12. The van der Waals surface area contributed by atoms with Crippen LogP contribution >= 0.6 is 11.8 Å². The lowest BCUT2D eigenvalue weighted by Gasteiger charge is -2.14. The molecule has 1 aliphatic carbocycles. The Morgan fingerprint density at radius 1 is 1.55 bits per heavy atom. The maximum atomic E-state index is 11.2. The van der Waals surface area contributed by atoms with Crippen LogP contribution in [0.1, 0.15) is 28.8 Å². The van der Waals surface area contributed by atoms with Gasteiger partial charge in [-0.3, -0.25) is 10.1 Å². The molecule has 1 aromatic carbocycles. The number of nitro benzene ring substituents is 1. The predicted molar refractivity (Wildman–Crippen MR) is 77.2 cm³/mol. The first-order valence-electron chi connectivity index (χ1n) is 6.24. The molecule has 6 nitrogen and oxygen atoms in total. The summed E-state index contributed by atoms with van der Waals surface area (Å²) in [6, 6.07) is 4.35. The number of rotatable bonds is 7. The molecule has 1 aliphatic rings. The van der Waals surface area contributed by atoms with Crippen molar-refractivity contribution < 1.29 is 14.8 Å². The largest absolute Gasteiger partial charge is 0.477 e. The minimum atomic E-state index is -1.26. The van der Waals surface area contributed by atoms with E-state index >= 15 is 0 Å². The Labute approximate surface area is 120 Å². The maximum Gasteiger partial charge on any atom is 0.343 e. The molecule has 0 saturated heterocycles. The summed E-state index contributed by atoms with van der Waals surface area (Å²) < 4.78 is 0.268. The van der Waals surface area contributed by atoms with Gasteiger partial charge in [0.1, 0.15) is 5.56 Å². The molecule has 0 bridgehead atoms. The van der Waals surface area contributed by atoms with Gasteiger partial charge in [-0.1, -0.05) is 12.1 Å². The average molecular weight is 296 g/mol. The lowest BCUT2D eigenvalue weighted by Crippen LogP contribution is -2.26. The van der Waals surface area contributed by atoms with Gasteiger partial charge in [0.25, 0.3) is 5.69 Å². The van der Waals surface area contributed by atoms with Gasteiger partial charge in [-0.05, 0) is 24.7 Å². The highest BCUT2D eigenvalue weighted by Crippen LogP contribution is 2.46. The number of aromatic carboxylic acids is 1. The van der Waals surface area contributed by atoms with Gasteiger partial charge < -0.3 is 10.4 Å². The fourth-order valence-electron chi connectivity index (χ4n) is 2.15. The molecule has 0 spiro atoms. The van der Waals surface area contributed by atoms with Crippen molar-refractivity contribution in [1.82, 2.24) is 5.32 Å². The van der Waals surface area contributed by atoms with E-state index in [4.69, 9.17) is 0 Å². The SMILES string of the molecule is CSC1(CNCc2cccc([N+](=O)[O-])c2C(=O)O)CC1. The number of carboxylic acids is 1. The molecule has 0 unspecified atom stereocenters. The third-order valence-electron chi connectivity index (χ3n) is 3.54. The summed E-state index contributed by atoms with van der Waals surface area (Å²) in [5, 5.41) is 23.3. The van der Waals surface area contributed by atoms with Crippen molar-refractivity contribution in [3.8, 4) is 0 Å². The van der Waals surface area contributed by atoms with Gasteiger partial charge in [0.05, 0.1) is 4.92 Å². The van der Waals surface area contributed by atoms with Crippen LogP contribution in [0.5, 0.6) is 0 Å². The molecule has 2 N–H and O–H groups in total. The molecule has 1 saturated carbocycles. The smallest absolute Gasteiger partial charge is 0.343 e. The van der Waals surface area contributed by atoms with Gasteiger partial charge in [0.2, 0.25) is 0 Å². The second-order valence-corrected chi connectivity index (χ2v) is 6.14. The van der Waals surface area contributed by atoms with Gasteiger partial charge in [0, 0.05) is 23.9 Å². The van der Waals surface area contributed by atoms with Crippen LogP contribution in [0.4, 0.5) is 5.69 Å². The molecule has 0 aliphatic heterocycles. The van der Waals surface area contributed by atoms with Crippen LogP contribution in [-0.4, -0.2) is 33.5 Å². The standard InChI is InChI=1S/C13H16N2O4S/c1-20-13(5-6-13)8-14-7-9-3-2-4-10(15(18)19)11(9)12(16)17/h2-4,14H,5-8H2,1H3,(H,16,17). The minimum absolute atomic E-state index is 0.223. The number of thioether (sulfide) groups is 1. The van der Waals surface area contributed by atoms with Crippen molar-refractivity contribution in [3.05, 3.63) is 39.4 Å². The normalized spacial score (nSPS) is 15.8. The zero-order valence-electron chi connectivity index (χ0n) is 11.1. The first-order valence-corrected chi connectivity index (χ1v) is 7.47. The van der Waals surface area contributed by atoms with Gasteiger partial charge in [0.15, 0.2) is 0 Å². The molecule has 0 atom stereocenters. The number of benzene rings is 1.